The zero-order valence-corrected chi connectivity index (χ0v) is 35.4. The van der Waals surface area contributed by atoms with Gasteiger partial charge in [0.25, 0.3) is 0 Å². The predicted molar refractivity (Wildman–Crippen MR) is 212 cm³/mol. The molecule has 0 bridgehead atoms. The van der Waals surface area contributed by atoms with Gasteiger partial charge >= 0.3 is 0 Å². The minimum Gasteiger partial charge on any atom is -0.413 e. The molecule has 0 radical (unpaired) electrons. The molecule has 0 spiro atoms. The summed E-state index contributed by atoms with van der Waals surface area (Å²) in [6.07, 6.45) is 4.78. The van der Waals surface area contributed by atoms with Crippen LogP contribution in [0.1, 0.15) is 85.6 Å². The summed E-state index contributed by atoms with van der Waals surface area (Å²) >= 11 is 4.00. The molecule has 0 aromatic heterocycles. The first kappa shape index (κ1) is 41.9. The first-order chi connectivity index (χ1) is 21.9. The molecule has 1 heterocycles. The number of hydrogen-bond acceptors (Lipinski definition) is 6. The van der Waals surface area contributed by atoms with Gasteiger partial charge in [-0.2, -0.15) is 0 Å². The largest absolute Gasteiger partial charge is 0.413 e. The highest BCUT2D eigenvalue weighted by atomic mass is 32.2. The highest BCUT2D eigenvalue weighted by Crippen LogP contribution is 2.49. The fraction of sp³-hybridized carbons (Fsp3) is 0.757. The van der Waals surface area contributed by atoms with Crippen LogP contribution < -0.4 is 0 Å². The van der Waals surface area contributed by atoms with Gasteiger partial charge in [0.15, 0.2) is 16.6 Å². The summed E-state index contributed by atoms with van der Waals surface area (Å²) in [6.45, 7) is 21.8. The van der Waals surface area contributed by atoms with Gasteiger partial charge < -0.3 is 13.6 Å². The SMILES string of the molecule is CC[Si](CC)(CC)OC(CC#C[Si](C)(C)C)CCC(=O)CC1(C[C@@H](COCc2ccccc2)O[Si](CC)(CC)CC)SCCCS1. The third-order valence-electron chi connectivity index (χ3n) is 9.68. The summed E-state index contributed by atoms with van der Waals surface area (Å²) in [5, 5.41) is 0. The Balaban J connectivity index is 2.21. The molecule has 1 aliphatic rings. The van der Waals surface area contributed by atoms with E-state index in [4.69, 9.17) is 13.6 Å². The average Bonchev–Trinajstić information content (AvgIpc) is 3.05. The standard InChI is InChI=1S/C37H66O4S2Si3/c1-10-45(11-2,12-3)40-35(23-19-28-44(7,8)9)25-24-34(38)29-37(42-26-20-27-43-37)30-36(41-46(13-4,14-5)15-6)32-39-31-33-21-17-16-18-22-33/h16-18,21-22,35-36H,10-15,20,23-27,29-32H2,1-9H3/t35?,36-/m0/s1. The third-order valence-corrected chi connectivity index (χ3v) is 23.4. The highest BCUT2D eigenvalue weighted by molar-refractivity contribution is 8.18. The molecule has 0 amide bonds. The number of carbonyl (C=O) groups is 1. The molecule has 2 atom stereocenters. The van der Waals surface area contributed by atoms with Crippen molar-refractivity contribution in [3.05, 3.63) is 35.9 Å². The lowest BCUT2D eigenvalue weighted by molar-refractivity contribution is -0.119. The molecular formula is C37H66O4S2Si3. The minimum absolute atomic E-state index is 0.000621. The van der Waals surface area contributed by atoms with E-state index >= 15 is 0 Å². The van der Waals surface area contributed by atoms with E-state index in [1.807, 2.05) is 29.6 Å². The molecule has 0 aliphatic carbocycles. The fourth-order valence-electron chi connectivity index (χ4n) is 6.32. The average molecular weight is 723 g/mol. The van der Waals surface area contributed by atoms with Crippen molar-refractivity contribution in [1.82, 2.24) is 0 Å². The van der Waals surface area contributed by atoms with Crippen LogP contribution in [-0.2, 0) is 25.0 Å². The van der Waals surface area contributed by atoms with Gasteiger partial charge in [-0.15, -0.1) is 35.0 Å². The molecule has 4 nitrogen and oxygen atoms in total. The second-order valence-electron chi connectivity index (χ2n) is 14.1. The first-order valence-electron chi connectivity index (χ1n) is 18.2. The van der Waals surface area contributed by atoms with E-state index in [1.54, 1.807) is 0 Å². The van der Waals surface area contributed by atoms with Crippen LogP contribution in [0.15, 0.2) is 30.3 Å². The Morgan fingerprint density at radius 1 is 0.848 bits per heavy atom. The zero-order valence-electron chi connectivity index (χ0n) is 30.8. The maximum atomic E-state index is 13.9. The number of hydrogen-bond donors (Lipinski definition) is 0. The highest BCUT2D eigenvalue weighted by Gasteiger charge is 2.41. The van der Waals surface area contributed by atoms with Crippen molar-refractivity contribution < 1.29 is 18.4 Å². The topological polar surface area (TPSA) is 44.8 Å². The number of thioether (sulfide) groups is 2. The summed E-state index contributed by atoms with van der Waals surface area (Å²) in [5.74, 6) is 6.06. The number of carbonyl (C=O) groups excluding carboxylic acids is 1. The van der Waals surface area contributed by atoms with Crippen molar-refractivity contribution in [2.75, 3.05) is 18.1 Å². The van der Waals surface area contributed by atoms with Gasteiger partial charge in [0.2, 0.25) is 0 Å². The van der Waals surface area contributed by atoms with Crippen molar-refractivity contribution in [1.29, 1.82) is 0 Å². The maximum absolute atomic E-state index is 13.9. The van der Waals surface area contributed by atoms with E-state index in [0.717, 1.165) is 67.0 Å². The third kappa shape index (κ3) is 14.7. The van der Waals surface area contributed by atoms with Crippen LogP contribution in [0.3, 0.4) is 0 Å². The van der Waals surface area contributed by atoms with E-state index < -0.39 is 24.7 Å². The number of ether oxygens (including phenoxy) is 1. The Morgan fingerprint density at radius 3 is 1.91 bits per heavy atom. The predicted octanol–water partition coefficient (Wildman–Crippen LogP) is 11.0. The van der Waals surface area contributed by atoms with Crippen LogP contribution in [0.4, 0.5) is 0 Å². The lowest BCUT2D eigenvalue weighted by atomic mass is 10.0. The summed E-state index contributed by atoms with van der Waals surface area (Å²) < 4.78 is 20.3. The smallest absolute Gasteiger partial charge is 0.192 e. The molecule has 2 rings (SSSR count). The Bertz CT molecular complexity index is 1040. The molecule has 46 heavy (non-hydrogen) atoms. The second-order valence-corrected chi connectivity index (χ2v) is 31.6. The van der Waals surface area contributed by atoms with Gasteiger partial charge in [-0.05, 0) is 72.6 Å². The molecular weight excluding hydrogens is 657 g/mol. The van der Waals surface area contributed by atoms with Crippen molar-refractivity contribution in [3.63, 3.8) is 0 Å². The van der Waals surface area contributed by atoms with Crippen LogP contribution in [-0.4, -0.2) is 64.9 Å². The van der Waals surface area contributed by atoms with Crippen LogP contribution >= 0.6 is 23.5 Å². The van der Waals surface area contributed by atoms with E-state index in [-0.39, 0.29) is 16.3 Å². The Hall–Kier alpha value is -0.319. The Kier molecular flexibility index (Phi) is 19.1. The van der Waals surface area contributed by atoms with Gasteiger partial charge in [-0.25, -0.2) is 0 Å². The van der Waals surface area contributed by atoms with Crippen LogP contribution in [0, 0.1) is 11.5 Å². The molecule has 0 N–H and O–H groups in total. The molecule has 1 saturated heterocycles. The van der Waals surface area contributed by atoms with E-state index in [9.17, 15) is 4.79 Å². The maximum Gasteiger partial charge on any atom is 0.192 e. The van der Waals surface area contributed by atoms with Gasteiger partial charge in [0.05, 0.1) is 29.5 Å². The number of benzene rings is 1. The molecule has 1 fully saturated rings. The van der Waals surface area contributed by atoms with Gasteiger partial charge in [0.1, 0.15) is 13.9 Å². The molecule has 1 aliphatic heterocycles. The van der Waals surface area contributed by atoms with Crippen LogP contribution in [0.25, 0.3) is 0 Å². The number of ketones is 1. The van der Waals surface area contributed by atoms with E-state index in [1.165, 1.54) is 12.0 Å². The van der Waals surface area contributed by atoms with Crippen LogP contribution in [0.2, 0.25) is 55.9 Å². The lowest BCUT2D eigenvalue weighted by Crippen LogP contribution is -2.44. The van der Waals surface area contributed by atoms with Crippen molar-refractivity contribution >= 4 is 54.0 Å². The lowest BCUT2D eigenvalue weighted by Gasteiger charge is -2.41. The van der Waals surface area contributed by atoms with E-state index in [0.29, 0.717) is 31.8 Å². The zero-order chi connectivity index (χ0) is 34.1. The van der Waals surface area contributed by atoms with Crippen molar-refractivity contribution in [2.45, 2.75) is 159 Å². The molecule has 1 aromatic carbocycles. The van der Waals surface area contributed by atoms with Gasteiger partial charge in [-0.1, -0.05) is 91.5 Å². The monoisotopic (exact) mass is 722 g/mol. The quantitative estimate of drug-likeness (QED) is 0.0877. The Labute approximate surface area is 295 Å². The summed E-state index contributed by atoms with van der Waals surface area (Å²) in [7, 11) is -5.13. The Morgan fingerprint density at radius 2 is 1.39 bits per heavy atom. The molecule has 1 aromatic rings. The van der Waals surface area contributed by atoms with E-state index in [2.05, 4.69) is 96.9 Å². The molecule has 262 valence electrons. The van der Waals surface area contributed by atoms with Crippen LogP contribution in [0.5, 0.6) is 0 Å². The van der Waals surface area contributed by atoms with Crippen molar-refractivity contribution in [2.24, 2.45) is 0 Å². The van der Waals surface area contributed by atoms with Gasteiger partial charge in [-0.3, -0.25) is 4.79 Å². The normalized spacial score (nSPS) is 16.8. The summed E-state index contributed by atoms with van der Waals surface area (Å²) in [5.41, 5.74) is 4.73. The second kappa shape index (κ2) is 21.0. The first-order valence-corrected chi connectivity index (χ1v) is 28.7. The number of Topliss-reactive ketones (excluding diaryl/α,β-unsaturated/α-hetero) is 1. The summed E-state index contributed by atoms with van der Waals surface area (Å²) in [4.78, 5) is 13.9. The molecule has 0 saturated carbocycles. The van der Waals surface area contributed by atoms with Crippen molar-refractivity contribution in [3.8, 4) is 11.5 Å². The molecule has 9 heteroatoms. The minimum atomic E-state index is -1.86. The fourth-order valence-corrected chi connectivity index (χ4v) is 16.2. The molecule has 1 unspecified atom stereocenters. The van der Waals surface area contributed by atoms with Gasteiger partial charge in [0, 0.05) is 19.3 Å². The summed E-state index contributed by atoms with van der Waals surface area (Å²) in [6, 6.07) is 17.1. The number of rotatable bonds is 22.